The number of para-hydroxylation sites is 1. The van der Waals surface area contributed by atoms with Crippen LogP contribution in [-0.4, -0.2) is 44.7 Å². The lowest BCUT2D eigenvalue weighted by molar-refractivity contribution is 0.252. The third kappa shape index (κ3) is 5.38. The number of benzene rings is 1. The summed E-state index contributed by atoms with van der Waals surface area (Å²) in [4.78, 5) is 20.5. The van der Waals surface area contributed by atoms with Crippen molar-refractivity contribution in [1.29, 1.82) is 0 Å². The molecule has 1 heterocycles. The first kappa shape index (κ1) is 18.6. The number of likely N-dealkylation sites (N-methyl/N-ethyl adjacent to an activating group) is 1. The van der Waals surface area contributed by atoms with E-state index in [4.69, 9.17) is 0 Å². The molecule has 6 nitrogen and oxygen atoms in total. The topological polar surface area (TPSA) is 60.5 Å². The summed E-state index contributed by atoms with van der Waals surface area (Å²) < 4.78 is 0. The predicted molar refractivity (Wildman–Crippen MR) is 105 cm³/mol. The molecule has 0 bridgehead atoms. The molecule has 1 aromatic heterocycles. The lowest BCUT2D eigenvalue weighted by atomic mass is 10.2. The predicted octanol–water partition coefficient (Wildman–Crippen LogP) is 3.10. The van der Waals surface area contributed by atoms with Crippen molar-refractivity contribution in [1.82, 2.24) is 10.3 Å². The van der Waals surface area contributed by atoms with Gasteiger partial charge in [0.2, 0.25) is 0 Å². The van der Waals surface area contributed by atoms with Crippen LogP contribution in [0.1, 0.15) is 12.5 Å². The zero-order valence-corrected chi connectivity index (χ0v) is 15.4. The normalized spacial score (nSPS) is 10.2. The number of hydrogen-bond acceptors (Lipinski definition) is 4. The molecule has 0 fully saturated rings. The Morgan fingerprint density at radius 2 is 1.92 bits per heavy atom. The van der Waals surface area contributed by atoms with E-state index in [9.17, 15) is 4.79 Å². The van der Waals surface area contributed by atoms with E-state index in [-0.39, 0.29) is 6.03 Å². The number of nitrogens with zero attached hydrogens (tertiary/aromatic N) is 3. The van der Waals surface area contributed by atoms with Crippen LogP contribution in [0.15, 0.2) is 42.6 Å². The third-order valence-corrected chi connectivity index (χ3v) is 3.97. The van der Waals surface area contributed by atoms with Gasteiger partial charge in [-0.3, -0.25) is 0 Å². The smallest absolute Gasteiger partial charge is 0.319 e. The number of pyridine rings is 1. The van der Waals surface area contributed by atoms with Crippen molar-refractivity contribution in [2.75, 3.05) is 48.8 Å². The molecule has 0 spiro atoms. The van der Waals surface area contributed by atoms with Crippen LogP contribution in [0.25, 0.3) is 0 Å². The second kappa shape index (κ2) is 8.92. The van der Waals surface area contributed by atoms with Gasteiger partial charge in [0.1, 0.15) is 5.82 Å². The molecule has 2 N–H and O–H groups in total. The summed E-state index contributed by atoms with van der Waals surface area (Å²) in [5, 5.41) is 5.69. The van der Waals surface area contributed by atoms with Gasteiger partial charge in [0.25, 0.3) is 0 Å². The number of anilines is 3. The molecule has 0 saturated carbocycles. The molecule has 0 radical (unpaired) electrons. The molecule has 0 saturated heterocycles. The Labute approximate surface area is 149 Å². The summed E-state index contributed by atoms with van der Waals surface area (Å²) in [6.07, 6.45) is 1.65. The number of rotatable bonds is 7. The van der Waals surface area contributed by atoms with Gasteiger partial charge in [-0.15, -0.1) is 0 Å². The monoisotopic (exact) mass is 341 g/mol. The molecular weight excluding hydrogens is 314 g/mol. The maximum Gasteiger partial charge on any atom is 0.319 e. The minimum atomic E-state index is -0.222. The first-order valence-corrected chi connectivity index (χ1v) is 8.50. The Morgan fingerprint density at radius 3 is 2.52 bits per heavy atom. The summed E-state index contributed by atoms with van der Waals surface area (Å²) in [5.41, 5.74) is 3.12. The summed E-state index contributed by atoms with van der Waals surface area (Å²) in [6, 6.07) is 11.8. The highest BCUT2D eigenvalue weighted by Crippen LogP contribution is 2.18. The van der Waals surface area contributed by atoms with Gasteiger partial charge in [0.05, 0.1) is 11.9 Å². The van der Waals surface area contributed by atoms with Crippen molar-refractivity contribution in [3.05, 3.63) is 48.2 Å². The number of carbonyl (C=O) groups excluding carboxylic acids is 1. The molecule has 0 atom stereocenters. The standard InChI is InChI=1S/C19H27N5O/c1-5-24(17-9-7-6-8-15(17)2)13-12-20-19(25)22-16-10-11-18(21-14-16)23(3)4/h6-11,14H,5,12-13H2,1-4H3,(H2,20,22,25). The van der Waals surface area contributed by atoms with Gasteiger partial charge in [-0.25, -0.2) is 9.78 Å². The largest absolute Gasteiger partial charge is 0.370 e. The maximum atomic E-state index is 12.0. The third-order valence-electron chi connectivity index (χ3n) is 3.97. The zero-order valence-electron chi connectivity index (χ0n) is 15.4. The van der Waals surface area contributed by atoms with Crippen LogP contribution in [-0.2, 0) is 0 Å². The molecule has 2 amide bonds. The molecule has 0 aliphatic heterocycles. The Kier molecular flexibility index (Phi) is 6.62. The lowest BCUT2D eigenvalue weighted by Crippen LogP contribution is -2.37. The molecule has 2 rings (SSSR count). The van der Waals surface area contributed by atoms with E-state index in [1.807, 2.05) is 43.3 Å². The molecule has 2 aromatic rings. The number of amides is 2. The van der Waals surface area contributed by atoms with Crippen LogP contribution >= 0.6 is 0 Å². The fourth-order valence-corrected chi connectivity index (χ4v) is 2.57. The Hall–Kier alpha value is -2.76. The van der Waals surface area contributed by atoms with E-state index in [2.05, 4.69) is 46.5 Å². The van der Waals surface area contributed by atoms with E-state index in [0.717, 1.165) is 18.9 Å². The summed E-state index contributed by atoms with van der Waals surface area (Å²) in [5.74, 6) is 0.850. The van der Waals surface area contributed by atoms with Crippen LogP contribution in [0.5, 0.6) is 0 Å². The lowest BCUT2D eigenvalue weighted by Gasteiger charge is -2.25. The molecule has 6 heteroatoms. The summed E-state index contributed by atoms with van der Waals surface area (Å²) >= 11 is 0. The van der Waals surface area contributed by atoms with Crippen molar-refractivity contribution in [3.8, 4) is 0 Å². The van der Waals surface area contributed by atoms with Crippen LogP contribution in [0.4, 0.5) is 22.0 Å². The molecule has 0 aliphatic rings. The van der Waals surface area contributed by atoms with Crippen molar-refractivity contribution >= 4 is 23.2 Å². The first-order valence-electron chi connectivity index (χ1n) is 8.50. The number of hydrogen-bond donors (Lipinski definition) is 2. The number of urea groups is 1. The highest BCUT2D eigenvalue weighted by molar-refractivity contribution is 5.89. The fraction of sp³-hybridized carbons (Fsp3) is 0.368. The van der Waals surface area contributed by atoms with Gasteiger partial charge in [-0.1, -0.05) is 18.2 Å². The van der Waals surface area contributed by atoms with Crippen molar-refractivity contribution in [2.45, 2.75) is 13.8 Å². The molecule has 134 valence electrons. The van der Waals surface area contributed by atoms with Crippen molar-refractivity contribution < 1.29 is 4.79 Å². The summed E-state index contributed by atoms with van der Waals surface area (Å²) in [6.45, 7) is 6.43. The first-order chi connectivity index (χ1) is 12.0. The van der Waals surface area contributed by atoms with Gasteiger partial charge in [-0.2, -0.15) is 0 Å². The molecule has 25 heavy (non-hydrogen) atoms. The SMILES string of the molecule is CCN(CCNC(=O)Nc1ccc(N(C)C)nc1)c1ccccc1C. The van der Waals surface area contributed by atoms with Crippen LogP contribution in [0.2, 0.25) is 0 Å². The number of aromatic nitrogens is 1. The zero-order chi connectivity index (χ0) is 18.2. The second-order valence-electron chi connectivity index (χ2n) is 6.05. The van der Waals surface area contributed by atoms with E-state index >= 15 is 0 Å². The highest BCUT2D eigenvalue weighted by Gasteiger charge is 2.08. The Balaban J connectivity index is 1.82. The van der Waals surface area contributed by atoms with Gasteiger partial charge < -0.3 is 20.4 Å². The number of nitrogens with one attached hydrogen (secondary N) is 2. The van der Waals surface area contributed by atoms with Crippen LogP contribution in [0.3, 0.4) is 0 Å². The van der Waals surface area contributed by atoms with Gasteiger partial charge in [0.15, 0.2) is 0 Å². The van der Waals surface area contributed by atoms with Gasteiger partial charge in [-0.05, 0) is 37.6 Å². The second-order valence-corrected chi connectivity index (χ2v) is 6.05. The quantitative estimate of drug-likeness (QED) is 0.812. The van der Waals surface area contributed by atoms with E-state index in [0.29, 0.717) is 12.2 Å². The van der Waals surface area contributed by atoms with Crippen molar-refractivity contribution in [3.63, 3.8) is 0 Å². The van der Waals surface area contributed by atoms with Gasteiger partial charge in [0, 0.05) is 39.4 Å². The molecule has 0 aliphatic carbocycles. The average molecular weight is 341 g/mol. The van der Waals surface area contributed by atoms with Crippen LogP contribution in [0, 0.1) is 6.92 Å². The van der Waals surface area contributed by atoms with E-state index in [1.165, 1.54) is 11.3 Å². The highest BCUT2D eigenvalue weighted by atomic mass is 16.2. The minimum Gasteiger partial charge on any atom is -0.370 e. The molecule has 1 aromatic carbocycles. The number of aryl methyl sites for hydroxylation is 1. The van der Waals surface area contributed by atoms with E-state index in [1.54, 1.807) is 6.20 Å². The minimum absolute atomic E-state index is 0.222. The average Bonchev–Trinajstić information content (AvgIpc) is 2.60. The number of carbonyl (C=O) groups is 1. The summed E-state index contributed by atoms with van der Waals surface area (Å²) in [7, 11) is 3.85. The molecular formula is C19H27N5O. The molecule has 0 unspecified atom stereocenters. The van der Waals surface area contributed by atoms with E-state index < -0.39 is 0 Å². The Bertz CT molecular complexity index is 684. The maximum absolute atomic E-state index is 12.0. The van der Waals surface area contributed by atoms with Crippen molar-refractivity contribution in [2.24, 2.45) is 0 Å². The van der Waals surface area contributed by atoms with Gasteiger partial charge >= 0.3 is 6.03 Å². The fourth-order valence-electron chi connectivity index (χ4n) is 2.57. The Morgan fingerprint density at radius 1 is 1.16 bits per heavy atom. The van der Waals surface area contributed by atoms with Crippen LogP contribution < -0.4 is 20.4 Å².